The zero-order valence-corrected chi connectivity index (χ0v) is 20.7. The van der Waals surface area contributed by atoms with Gasteiger partial charge in [-0.05, 0) is 64.3 Å². The number of carbonyl (C=O) groups is 2. The molecule has 2 heterocycles. The first-order valence-corrected chi connectivity index (χ1v) is 12.6. The summed E-state index contributed by atoms with van der Waals surface area (Å²) in [5.74, 6) is 0.143. The molecule has 7 nitrogen and oxygen atoms in total. The van der Waals surface area contributed by atoms with Crippen LogP contribution in [0.5, 0.6) is 5.75 Å². The Morgan fingerprint density at radius 1 is 0.971 bits per heavy atom. The summed E-state index contributed by atoms with van der Waals surface area (Å²) < 4.78 is 24.9. The summed E-state index contributed by atoms with van der Waals surface area (Å²) >= 11 is 0. The highest BCUT2D eigenvalue weighted by Crippen LogP contribution is 2.28. The maximum atomic E-state index is 13.7. The lowest BCUT2D eigenvalue weighted by Crippen LogP contribution is -2.50. The first-order chi connectivity index (χ1) is 16.2. The van der Waals surface area contributed by atoms with Crippen molar-refractivity contribution < 1.29 is 23.5 Å². The van der Waals surface area contributed by atoms with Crippen LogP contribution in [0.15, 0.2) is 24.3 Å². The Morgan fingerprint density at radius 2 is 1.68 bits per heavy atom. The number of hydrogen-bond acceptors (Lipinski definition) is 5. The van der Waals surface area contributed by atoms with Gasteiger partial charge in [0.1, 0.15) is 29.3 Å². The van der Waals surface area contributed by atoms with E-state index in [1.807, 2.05) is 25.7 Å². The van der Waals surface area contributed by atoms with Gasteiger partial charge in [-0.15, -0.1) is 0 Å². The maximum absolute atomic E-state index is 13.7. The summed E-state index contributed by atoms with van der Waals surface area (Å²) in [6, 6.07) is 5.83. The maximum Gasteiger partial charge on any atom is 0.411 e. The fraction of sp³-hybridized carbons (Fsp3) is 0.692. The molecule has 1 aromatic rings. The first-order valence-electron chi connectivity index (χ1n) is 12.6. The SMILES string of the molecule is CC(C)(C)OC(=O)N1C[C@@H](Oc2ccc(F)cc2)C[C@@H]1C(=O)N1CCCN(C2CCCC2)CC1. The van der Waals surface area contributed by atoms with E-state index in [9.17, 15) is 14.0 Å². The third kappa shape index (κ3) is 6.20. The van der Waals surface area contributed by atoms with E-state index in [0.717, 1.165) is 19.5 Å². The fourth-order valence-corrected chi connectivity index (χ4v) is 5.35. The molecule has 4 rings (SSSR count). The van der Waals surface area contributed by atoms with Crippen LogP contribution in [0.2, 0.25) is 0 Å². The lowest BCUT2D eigenvalue weighted by Gasteiger charge is -2.31. The van der Waals surface area contributed by atoms with Gasteiger partial charge in [-0.3, -0.25) is 14.6 Å². The zero-order valence-electron chi connectivity index (χ0n) is 20.7. The van der Waals surface area contributed by atoms with E-state index in [1.54, 1.807) is 12.1 Å². The summed E-state index contributed by atoms with van der Waals surface area (Å²) in [7, 11) is 0. The molecule has 2 saturated heterocycles. The van der Waals surface area contributed by atoms with Gasteiger partial charge in [-0.25, -0.2) is 9.18 Å². The first kappa shape index (κ1) is 24.8. The number of benzene rings is 1. The molecule has 0 N–H and O–H groups in total. The van der Waals surface area contributed by atoms with Gasteiger partial charge < -0.3 is 14.4 Å². The minimum atomic E-state index is -0.662. The average Bonchev–Trinajstić information content (AvgIpc) is 3.39. The Labute approximate surface area is 202 Å². The molecule has 2 atom stereocenters. The number of likely N-dealkylation sites (tertiary alicyclic amines) is 1. The standard InChI is InChI=1S/C26H38FN3O4/c1-26(2,3)34-25(32)30-18-22(33-21-11-9-19(27)10-12-21)17-23(30)24(31)29-14-6-13-28(15-16-29)20-7-4-5-8-20/h9-12,20,22-23H,4-8,13-18H2,1-3H3/t22-,23+/m0/s1. The van der Waals surface area contributed by atoms with Crippen molar-refractivity contribution in [3.05, 3.63) is 30.1 Å². The van der Waals surface area contributed by atoms with Gasteiger partial charge in [0.05, 0.1) is 6.54 Å². The van der Waals surface area contributed by atoms with Gasteiger partial charge in [-0.1, -0.05) is 12.8 Å². The van der Waals surface area contributed by atoms with Gasteiger partial charge in [0.25, 0.3) is 0 Å². The Hall–Kier alpha value is -2.35. The van der Waals surface area contributed by atoms with Crippen LogP contribution in [0.25, 0.3) is 0 Å². The molecule has 2 amide bonds. The van der Waals surface area contributed by atoms with E-state index in [4.69, 9.17) is 9.47 Å². The van der Waals surface area contributed by atoms with Crippen LogP contribution in [-0.4, -0.2) is 83.2 Å². The van der Waals surface area contributed by atoms with Gasteiger partial charge >= 0.3 is 6.09 Å². The summed E-state index contributed by atoms with van der Waals surface area (Å²) in [5.41, 5.74) is -0.662. The largest absolute Gasteiger partial charge is 0.488 e. The van der Waals surface area contributed by atoms with Crippen LogP contribution in [0.1, 0.15) is 59.3 Å². The molecule has 34 heavy (non-hydrogen) atoms. The molecule has 0 bridgehead atoms. The van der Waals surface area contributed by atoms with Gasteiger partial charge in [0.2, 0.25) is 5.91 Å². The second-order valence-corrected chi connectivity index (χ2v) is 10.7. The second kappa shape index (κ2) is 10.5. The Balaban J connectivity index is 1.44. The third-order valence-corrected chi connectivity index (χ3v) is 6.98. The summed E-state index contributed by atoms with van der Waals surface area (Å²) in [6.45, 7) is 8.98. The van der Waals surface area contributed by atoms with Crippen molar-refractivity contribution in [3.63, 3.8) is 0 Å². The third-order valence-electron chi connectivity index (χ3n) is 6.98. The molecule has 188 valence electrons. The minimum absolute atomic E-state index is 0.0377. The van der Waals surface area contributed by atoms with Crippen LogP contribution in [0, 0.1) is 5.82 Å². The lowest BCUT2D eigenvalue weighted by molar-refractivity contribution is -0.135. The average molecular weight is 476 g/mol. The van der Waals surface area contributed by atoms with Crippen LogP contribution < -0.4 is 4.74 Å². The zero-order chi connectivity index (χ0) is 24.3. The summed E-state index contributed by atoms with van der Waals surface area (Å²) in [5, 5.41) is 0. The number of carbonyl (C=O) groups excluding carboxylic acids is 2. The van der Waals surface area contributed by atoms with Crippen LogP contribution in [0.4, 0.5) is 9.18 Å². The van der Waals surface area contributed by atoms with Crippen molar-refractivity contribution in [2.75, 3.05) is 32.7 Å². The minimum Gasteiger partial charge on any atom is -0.488 e. The Bertz CT molecular complexity index is 851. The lowest BCUT2D eigenvalue weighted by atomic mass is 10.1. The Kier molecular flexibility index (Phi) is 7.65. The second-order valence-electron chi connectivity index (χ2n) is 10.7. The molecule has 1 saturated carbocycles. The normalized spacial score (nSPS) is 24.8. The highest BCUT2D eigenvalue weighted by atomic mass is 19.1. The molecule has 0 aromatic heterocycles. The molecule has 1 aromatic carbocycles. The topological polar surface area (TPSA) is 62.3 Å². The highest BCUT2D eigenvalue weighted by molar-refractivity contribution is 5.86. The van der Waals surface area contributed by atoms with E-state index in [1.165, 1.54) is 42.7 Å². The molecule has 2 aliphatic heterocycles. The van der Waals surface area contributed by atoms with Crippen molar-refractivity contribution in [2.24, 2.45) is 0 Å². The van der Waals surface area contributed by atoms with Gasteiger partial charge in [-0.2, -0.15) is 0 Å². The summed E-state index contributed by atoms with van der Waals surface area (Å²) in [6.07, 6.45) is 5.57. The number of amides is 2. The predicted molar refractivity (Wildman–Crippen MR) is 127 cm³/mol. The van der Waals surface area contributed by atoms with E-state index >= 15 is 0 Å². The van der Waals surface area contributed by atoms with E-state index in [2.05, 4.69) is 4.90 Å². The van der Waals surface area contributed by atoms with Crippen LogP contribution in [-0.2, 0) is 9.53 Å². The molecular formula is C26H38FN3O4. The van der Waals surface area contributed by atoms with Crippen molar-refractivity contribution >= 4 is 12.0 Å². The molecular weight excluding hydrogens is 437 g/mol. The monoisotopic (exact) mass is 475 g/mol. The number of rotatable bonds is 4. The van der Waals surface area contributed by atoms with Crippen molar-refractivity contribution in [3.8, 4) is 5.75 Å². The van der Waals surface area contributed by atoms with Gasteiger partial charge in [0.15, 0.2) is 0 Å². The Morgan fingerprint density at radius 3 is 2.35 bits per heavy atom. The highest BCUT2D eigenvalue weighted by Gasteiger charge is 2.44. The van der Waals surface area contributed by atoms with Crippen molar-refractivity contribution in [1.29, 1.82) is 0 Å². The smallest absolute Gasteiger partial charge is 0.411 e. The molecule has 0 unspecified atom stereocenters. The van der Waals surface area contributed by atoms with E-state index < -0.39 is 17.7 Å². The number of nitrogens with zero attached hydrogens (tertiary/aromatic N) is 3. The van der Waals surface area contributed by atoms with Crippen molar-refractivity contribution in [2.45, 2.75) is 83.1 Å². The number of halogens is 1. The van der Waals surface area contributed by atoms with Crippen molar-refractivity contribution in [1.82, 2.24) is 14.7 Å². The molecule has 3 aliphatic rings. The van der Waals surface area contributed by atoms with Crippen LogP contribution >= 0.6 is 0 Å². The van der Waals surface area contributed by atoms with E-state index in [-0.39, 0.29) is 24.4 Å². The van der Waals surface area contributed by atoms with Crippen LogP contribution in [0.3, 0.4) is 0 Å². The van der Waals surface area contributed by atoms with E-state index in [0.29, 0.717) is 31.3 Å². The predicted octanol–water partition coefficient (Wildman–Crippen LogP) is 4.06. The molecule has 0 spiro atoms. The van der Waals surface area contributed by atoms with Gasteiger partial charge in [0, 0.05) is 38.6 Å². The number of ether oxygens (including phenoxy) is 2. The quantitative estimate of drug-likeness (QED) is 0.657. The molecule has 0 radical (unpaired) electrons. The molecule has 1 aliphatic carbocycles. The molecule has 8 heteroatoms. The summed E-state index contributed by atoms with van der Waals surface area (Å²) in [4.78, 5) is 32.6. The fourth-order valence-electron chi connectivity index (χ4n) is 5.35. The number of hydrogen-bond donors (Lipinski definition) is 0. The molecule has 3 fully saturated rings.